The number of hydrogen-bond acceptors (Lipinski definition) is 5. The van der Waals surface area contributed by atoms with Crippen molar-refractivity contribution in [1.29, 1.82) is 0 Å². The molecule has 3 rings (SSSR count). The fourth-order valence-electron chi connectivity index (χ4n) is 3.21. The van der Waals surface area contributed by atoms with Crippen LogP contribution in [0, 0.1) is 23.0 Å². The standard InChI is InChI=1S/C13H18N4O2/c1-9-4-6-15-13(12(9)17(18)19)16-7-10-3-2-5-14-11(10)8-16/h4,6,10-11,14H,2-3,5,7-8H2,1H3. The van der Waals surface area contributed by atoms with Gasteiger partial charge in [-0.15, -0.1) is 0 Å². The number of aryl methyl sites for hydroxylation is 1. The Morgan fingerprint density at radius 2 is 2.37 bits per heavy atom. The Labute approximate surface area is 112 Å². The fraction of sp³-hybridized carbons (Fsp3) is 0.615. The summed E-state index contributed by atoms with van der Waals surface area (Å²) in [6, 6.07) is 2.15. The first-order valence-electron chi connectivity index (χ1n) is 6.75. The van der Waals surface area contributed by atoms with E-state index < -0.39 is 0 Å². The van der Waals surface area contributed by atoms with Crippen molar-refractivity contribution in [3.05, 3.63) is 27.9 Å². The van der Waals surface area contributed by atoms with E-state index in [-0.39, 0.29) is 10.6 Å². The summed E-state index contributed by atoms with van der Waals surface area (Å²) in [5.41, 5.74) is 0.832. The van der Waals surface area contributed by atoms with E-state index in [0.717, 1.165) is 19.6 Å². The minimum absolute atomic E-state index is 0.154. The van der Waals surface area contributed by atoms with Gasteiger partial charge in [-0.3, -0.25) is 10.1 Å². The van der Waals surface area contributed by atoms with Crippen molar-refractivity contribution in [2.75, 3.05) is 24.5 Å². The summed E-state index contributed by atoms with van der Waals surface area (Å²) in [4.78, 5) is 17.3. The first kappa shape index (κ1) is 12.3. The Morgan fingerprint density at radius 1 is 1.53 bits per heavy atom. The maximum atomic E-state index is 11.2. The molecule has 0 spiro atoms. The molecule has 1 aromatic rings. The summed E-state index contributed by atoms with van der Waals surface area (Å²) < 4.78 is 0. The van der Waals surface area contributed by atoms with Gasteiger partial charge in [0.25, 0.3) is 0 Å². The molecule has 2 saturated heterocycles. The number of nitro groups is 1. The highest BCUT2D eigenvalue weighted by Crippen LogP contribution is 2.34. The highest BCUT2D eigenvalue weighted by molar-refractivity contribution is 5.62. The van der Waals surface area contributed by atoms with E-state index >= 15 is 0 Å². The number of nitrogens with one attached hydrogen (secondary N) is 1. The predicted octanol–water partition coefficient (Wildman–Crippen LogP) is 1.49. The largest absolute Gasteiger partial charge is 0.349 e. The minimum Gasteiger partial charge on any atom is -0.349 e. The highest BCUT2D eigenvalue weighted by Gasteiger charge is 2.37. The molecular weight excluding hydrogens is 244 g/mol. The van der Waals surface area contributed by atoms with Crippen LogP contribution in [0.1, 0.15) is 18.4 Å². The van der Waals surface area contributed by atoms with E-state index in [1.807, 2.05) is 0 Å². The summed E-state index contributed by atoms with van der Waals surface area (Å²) in [5, 5.41) is 14.7. The molecular formula is C13H18N4O2. The molecule has 0 aromatic carbocycles. The fourth-order valence-corrected chi connectivity index (χ4v) is 3.21. The molecule has 1 aromatic heterocycles. The van der Waals surface area contributed by atoms with Gasteiger partial charge in [0.15, 0.2) is 0 Å². The Bertz CT molecular complexity index is 491. The van der Waals surface area contributed by atoms with E-state index in [0.29, 0.717) is 23.3 Å². The third-order valence-electron chi connectivity index (χ3n) is 4.19. The first-order chi connectivity index (χ1) is 9.16. The zero-order valence-corrected chi connectivity index (χ0v) is 11.0. The molecule has 2 fully saturated rings. The molecule has 6 nitrogen and oxygen atoms in total. The second-order valence-electron chi connectivity index (χ2n) is 5.43. The third-order valence-corrected chi connectivity index (χ3v) is 4.19. The van der Waals surface area contributed by atoms with Crippen molar-refractivity contribution in [3.63, 3.8) is 0 Å². The van der Waals surface area contributed by atoms with Gasteiger partial charge in [-0.25, -0.2) is 4.98 Å². The van der Waals surface area contributed by atoms with Gasteiger partial charge in [-0.05, 0) is 38.3 Å². The zero-order valence-electron chi connectivity index (χ0n) is 11.0. The molecule has 2 atom stereocenters. The number of piperidine rings is 1. The number of hydrogen-bond donors (Lipinski definition) is 1. The maximum Gasteiger partial charge on any atom is 0.314 e. The van der Waals surface area contributed by atoms with Crippen molar-refractivity contribution in [2.24, 2.45) is 5.92 Å². The van der Waals surface area contributed by atoms with E-state index in [1.165, 1.54) is 12.8 Å². The monoisotopic (exact) mass is 262 g/mol. The highest BCUT2D eigenvalue weighted by atomic mass is 16.6. The van der Waals surface area contributed by atoms with Crippen molar-refractivity contribution in [1.82, 2.24) is 10.3 Å². The molecule has 0 bridgehead atoms. The molecule has 102 valence electrons. The number of pyridine rings is 1. The van der Waals surface area contributed by atoms with Crippen LogP contribution in [-0.4, -0.2) is 35.6 Å². The van der Waals surface area contributed by atoms with Gasteiger partial charge in [-0.2, -0.15) is 0 Å². The number of rotatable bonds is 2. The lowest BCUT2D eigenvalue weighted by molar-refractivity contribution is -0.384. The predicted molar refractivity (Wildman–Crippen MR) is 72.4 cm³/mol. The van der Waals surface area contributed by atoms with Crippen molar-refractivity contribution in [3.8, 4) is 0 Å². The number of fused-ring (bicyclic) bond motifs is 1. The topological polar surface area (TPSA) is 71.3 Å². The average Bonchev–Trinajstić information content (AvgIpc) is 2.81. The quantitative estimate of drug-likeness (QED) is 0.645. The van der Waals surface area contributed by atoms with Gasteiger partial charge in [0.2, 0.25) is 5.82 Å². The summed E-state index contributed by atoms with van der Waals surface area (Å²) in [5.74, 6) is 1.12. The van der Waals surface area contributed by atoms with E-state index in [1.54, 1.807) is 19.2 Å². The van der Waals surface area contributed by atoms with Crippen LogP contribution in [0.25, 0.3) is 0 Å². The van der Waals surface area contributed by atoms with Crippen LogP contribution in [0.4, 0.5) is 11.5 Å². The average molecular weight is 262 g/mol. The lowest BCUT2D eigenvalue weighted by Crippen LogP contribution is -2.40. The van der Waals surface area contributed by atoms with Gasteiger partial charge in [0, 0.05) is 30.9 Å². The van der Waals surface area contributed by atoms with Gasteiger partial charge < -0.3 is 10.2 Å². The first-order valence-corrected chi connectivity index (χ1v) is 6.75. The number of anilines is 1. The lowest BCUT2D eigenvalue weighted by Gasteiger charge is -2.24. The normalized spacial score (nSPS) is 26.3. The number of nitrogens with zero attached hydrogens (tertiary/aromatic N) is 3. The molecule has 19 heavy (non-hydrogen) atoms. The molecule has 0 aliphatic carbocycles. The summed E-state index contributed by atoms with van der Waals surface area (Å²) in [6.07, 6.45) is 4.05. The summed E-state index contributed by atoms with van der Waals surface area (Å²) >= 11 is 0. The van der Waals surface area contributed by atoms with Gasteiger partial charge >= 0.3 is 5.69 Å². The molecule has 2 unspecified atom stereocenters. The Kier molecular flexibility index (Phi) is 3.10. The van der Waals surface area contributed by atoms with Gasteiger partial charge in [-0.1, -0.05) is 0 Å². The molecule has 0 amide bonds. The molecule has 1 N–H and O–H groups in total. The smallest absolute Gasteiger partial charge is 0.314 e. The second-order valence-corrected chi connectivity index (χ2v) is 5.43. The van der Waals surface area contributed by atoms with Crippen LogP contribution in [0.2, 0.25) is 0 Å². The van der Waals surface area contributed by atoms with Crippen LogP contribution >= 0.6 is 0 Å². The minimum atomic E-state index is -0.312. The van der Waals surface area contributed by atoms with Crippen LogP contribution in [0.3, 0.4) is 0 Å². The zero-order chi connectivity index (χ0) is 13.4. The molecule has 6 heteroatoms. The SMILES string of the molecule is Cc1ccnc(N2CC3CCCNC3C2)c1[N+](=O)[O-]. The number of aromatic nitrogens is 1. The Hall–Kier alpha value is -1.69. The van der Waals surface area contributed by atoms with Gasteiger partial charge in [0.05, 0.1) is 4.92 Å². The van der Waals surface area contributed by atoms with Gasteiger partial charge in [0.1, 0.15) is 0 Å². The summed E-state index contributed by atoms with van der Waals surface area (Å²) in [7, 11) is 0. The van der Waals surface area contributed by atoms with Crippen molar-refractivity contribution >= 4 is 11.5 Å². The van der Waals surface area contributed by atoms with E-state index in [9.17, 15) is 10.1 Å². The Morgan fingerprint density at radius 3 is 3.11 bits per heavy atom. The second kappa shape index (κ2) is 4.77. The molecule has 3 heterocycles. The lowest BCUT2D eigenvalue weighted by atomic mass is 9.94. The van der Waals surface area contributed by atoms with Crippen molar-refractivity contribution < 1.29 is 4.92 Å². The molecule has 2 aliphatic rings. The molecule has 2 aliphatic heterocycles. The molecule has 0 radical (unpaired) electrons. The van der Waals surface area contributed by atoms with Crippen LogP contribution in [-0.2, 0) is 0 Å². The van der Waals surface area contributed by atoms with E-state index in [2.05, 4.69) is 15.2 Å². The molecule has 0 saturated carbocycles. The van der Waals surface area contributed by atoms with Crippen LogP contribution < -0.4 is 10.2 Å². The maximum absolute atomic E-state index is 11.2. The van der Waals surface area contributed by atoms with Crippen LogP contribution in [0.5, 0.6) is 0 Å². The van der Waals surface area contributed by atoms with E-state index in [4.69, 9.17) is 0 Å². The Balaban J connectivity index is 1.91. The third kappa shape index (κ3) is 2.16. The van der Waals surface area contributed by atoms with Crippen molar-refractivity contribution in [2.45, 2.75) is 25.8 Å². The summed E-state index contributed by atoms with van der Waals surface area (Å²) in [6.45, 7) is 4.51. The van der Waals surface area contributed by atoms with Crippen LogP contribution in [0.15, 0.2) is 12.3 Å².